The highest BCUT2D eigenvalue weighted by Gasteiger charge is 2.21. The molecule has 0 amide bonds. The predicted molar refractivity (Wildman–Crippen MR) is 44.7 cm³/mol. The third-order valence-electron chi connectivity index (χ3n) is 0.491. The Balaban J connectivity index is 3.60. The van der Waals surface area contributed by atoms with Crippen molar-refractivity contribution in [3.8, 4) is 0 Å². The standard InChI is InChI=1S/C3H4BrCl3N2/c4-9-2(8)1-3(5,6)7/h1H2,(H2,8,9). The highest BCUT2D eigenvalue weighted by Crippen LogP contribution is 2.29. The van der Waals surface area contributed by atoms with E-state index in [1.54, 1.807) is 0 Å². The van der Waals surface area contributed by atoms with E-state index in [1.165, 1.54) is 0 Å². The van der Waals surface area contributed by atoms with E-state index in [9.17, 15) is 0 Å². The van der Waals surface area contributed by atoms with E-state index in [-0.39, 0.29) is 12.3 Å². The molecule has 0 aliphatic rings. The molecule has 0 atom stereocenters. The molecule has 6 heteroatoms. The quantitative estimate of drug-likeness (QED) is 0.321. The molecule has 0 aliphatic heterocycles. The minimum atomic E-state index is -1.38. The Morgan fingerprint density at radius 3 is 2.11 bits per heavy atom. The highest BCUT2D eigenvalue weighted by molar-refractivity contribution is 9.08. The Morgan fingerprint density at radius 1 is 1.56 bits per heavy atom. The Hall–Kier alpha value is 0.820. The first kappa shape index (κ1) is 9.82. The fourth-order valence-electron chi connectivity index (χ4n) is 0.234. The Morgan fingerprint density at radius 2 is 2.00 bits per heavy atom. The lowest BCUT2D eigenvalue weighted by Gasteiger charge is -2.09. The van der Waals surface area contributed by atoms with Crippen LogP contribution in [0, 0.1) is 5.41 Å². The lowest BCUT2D eigenvalue weighted by Crippen LogP contribution is -2.18. The lowest BCUT2D eigenvalue weighted by molar-refractivity contribution is 1.07. The molecule has 0 saturated heterocycles. The highest BCUT2D eigenvalue weighted by atomic mass is 79.9. The smallest absolute Gasteiger partial charge is 0.197 e. The number of amidine groups is 1. The van der Waals surface area contributed by atoms with Gasteiger partial charge in [-0.05, 0) is 0 Å². The molecule has 0 saturated carbocycles. The second-order valence-corrected chi connectivity index (χ2v) is 4.28. The monoisotopic (exact) mass is 252 g/mol. The van der Waals surface area contributed by atoms with Gasteiger partial charge in [0.15, 0.2) is 3.79 Å². The minimum absolute atomic E-state index is 0.0723. The average molecular weight is 254 g/mol. The summed E-state index contributed by atoms with van der Waals surface area (Å²) in [6.45, 7) is 0. The van der Waals surface area contributed by atoms with Gasteiger partial charge in [-0.25, -0.2) is 0 Å². The molecule has 2 N–H and O–H groups in total. The van der Waals surface area contributed by atoms with Crippen LogP contribution in [0.2, 0.25) is 0 Å². The number of rotatable bonds is 1. The first-order valence-corrected chi connectivity index (χ1v) is 3.89. The molecule has 0 aromatic heterocycles. The molecule has 0 aromatic rings. The van der Waals surface area contributed by atoms with Gasteiger partial charge in [0.05, 0.1) is 6.42 Å². The van der Waals surface area contributed by atoms with Gasteiger partial charge in [-0.15, -0.1) is 0 Å². The Kier molecular flexibility index (Phi) is 4.21. The summed E-state index contributed by atoms with van der Waals surface area (Å²) in [4.78, 5) is 0. The third kappa shape index (κ3) is 6.71. The second-order valence-electron chi connectivity index (χ2n) is 1.36. The van der Waals surface area contributed by atoms with E-state index in [0.717, 1.165) is 0 Å². The van der Waals surface area contributed by atoms with Crippen LogP contribution < -0.4 is 4.34 Å². The van der Waals surface area contributed by atoms with Crippen LogP contribution in [0.4, 0.5) is 0 Å². The Bertz CT molecular complexity index is 110. The molecular weight excluding hydrogens is 250 g/mol. The summed E-state index contributed by atoms with van der Waals surface area (Å²) in [5.41, 5.74) is 0. The first-order valence-electron chi connectivity index (χ1n) is 1.96. The third-order valence-corrected chi connectivity index (χ3v) is 1.37. The number of nitrogens with one attached hydrogen (secondary N) is 2. The number of alkyl halides is 3. The molecular formula is C3H4BrCl3N2. The molecule has 0 bridgehead atoms. The normalized spacial score (nSPS) is 11.1. The molecule has 2 nitrogen and oxygen atoms in total. The second kappa shape index (κ2) is 3.86. The molecule has 0 fully saturated rings. The van der Waals surface area contributed by atoms with Gasteiger partial charge in [0, 0.05) is 16.1 Å². The maximum absolute atomic E-state index is 6.98. The van der Waals surface area contributed by atoms with Crippen molar-refractivity contribution in [1.29, 1.82) is 5.41 Å². The maximum atomic E-state index is 6.98. The van der Waals surface area contributed by atoms with Crippen molar-refractivity contribution in [3.63, 3.8) is 0 Å². The summed E-state index contributed by atoms with van der Waals surface area (Å²) >= 11 is 18.8. The van der Waals surface area contributed by atoms with Crippen LogP contribution >= 0.6 is 51.0 Å². The number of halogens is 4. The first-order chi connectivity index (χ1) is 3.95. The van der Waals surface area contributed by atoms with Gasteiger partial charge in [0.1, 0.15) is 5.84 Å². The lowest BCUT2D eigenvalue weighted by atomic mass is 10.4. The van der Waals surface area contributed by atoms with Gasteiger partial charge in [-0.3, -0.25) is 5.41 Å². The van der Waals surface area contributed by atoms with Crippen molar-refractivity contribution in [2.24, 2.45) is 0 Å². The maximum Gasteiger partial charge on any atom is 0.197 e. The zero-order valence-electron chi connectivity index (χ0n) is 4.22. The zero-order valence-corrected chi connectivity index (χ0v) is 8.07. The van der Waals surface area contributed by atoms with Crippen LogP contribution in [0.3, 0.4) is 0 Å². The van der Waals surface area contributed by atoms with Gasteiger partial charge in [0.25, 0.3) is 0 Å². The van der Waals surface area contributed by atoms with E-state index < -0.39 is 3.79 Å². The summed E-state index contributed by atoms with van der Waals surface area (Å²) in [5.74, 6) is 0.134. The largest absolute Gasteiger partial charge is 0.311 e. The molecule has 0 spiro atoms. The van der Waals surface area contributed by atoms with Gasteiger partial charge >= 0.3 is 0 Å². The number of hydrogen-bond acceptors (Lipinski definition) is 1. The van der Waals surface area contributed by atoms with E-state index in [2.05, 4.69) is 20.5 Å². The summed E-state index contributed by atoms with van der Waals surface area (Å²) in [7, 11) is 0. The molecule has 0 unspecified atom stereocenters. The van der Waals surface area contributed by atoms with E-state index >= 15 is 0 Å². The van der Waals surface area contributed by atoms with Crippen molar-refractivity contribution in [2.75, 3.05) is 0 Å². The fraction of sp³-hybridized carbons (Fsp3) is 0.667. The van der Waals surface area contributed by atoms with Gasteiger partial charge in [-0.2, -0.15) is 0 Å². The van der Waals surface area contributed by atoms with E-state index in [0.29, 0.717) is 0 Å². The molecule has 0 radical (unpaired) electrons. The van der Waals surface area contributed by atoms with Crippen molar-refractivity contribution in [1.82, 2.24) is 4.34 Å². The van der Waals surface area contributed by atoms with Crippen LogP contribution in [0.1, 0.15) is 6.42 Å². The van der Waals surface area contributed by atoms with Crippen molar-refractivity contribution in [3.05, 3.63) is 0 Å². The topological polar surface area (TPSA) is 35.9 Å². The summed E-state index contributed by atoms with van der Waals surface area (Å²) in [6.07, 6.45) is 0.0723. The van der Waals surface area contributed by atoms with Crippen LogP contribution in [0.25, 0.3) is 0 Å². The van der Waals surface area contributed by atoms with Crippen molar-refractivity contribution >= 4 is 56.8 Å². The van der Waals surface area contributed by atoms with Crippen LogP contribution in [-0.2, 0) is 0 Å². The van der Waals surface area contributed by atoms with Crippen molar-refractivity contribution in [2.45, 2.75) is 10.2 Å². The molecule has 54 valence electrons. The summed E-state index contributed by atoms with van der Waals surface area (Å²) < 4.78 is 0.987. The average Bonchev–Trinajstić information content (AvgIpc) is 1.62. The molecule has 0 rings (SSSR count). The molecule has 0 heterocycles. The van der Waals surface area contributed by atoms with Crippen LogP contribution in [0.15, 0.2) is 0 Å². The molecule has 0 aliphatic carbocycles. The van der Waals surface area contributed by atoms with Gasteiger partial charge in [0.2, 0.25) is 0 Å². The SMILES string of the molecule is N=C(CC(Cl)(Cl)Cl)NBr. The van der Waals surface area contributed by atoms with Gasteiger partial charge in [-0.1, -0.05) is 34.8 Å². The van der Waals surface area contributed by atoms with Crippen molar-refractivity contribution < 1.29 is 0 Å². The van der Waals surface area contributed by atoms with Gasteiger partial charge < -0.3 is 4.34 Å². The molecule has 9 heavy (non-hydrogen) atoms. The number of hydrogen-bond donors (Lipinski definition) is 2. The summed E-state index contributed by atoms with van der Waals surface area (Å²) in [5, 5.41) is 6.98. The van der Waals surface area contributed by atoms with E-state index in [1.807, 2.05) is 0 Å². The minimum Gasteiger partial charge on any atom is -0.311 e. The van der Waals surface area contributed by atoms with Crippen LogP contribution in [-0.4, -0.2) is 9.63 Å². The predicted octanol–water partition coefficient (Wildman–Crippen LogP) is 2.62. The molecule has 0 aromatic carbocycles. The Labute approximate surface area is 76.7 Å². The fourth-order valence-corrected chi connectivity index (χ4v) is 0.775. The van der Waals surface area contributed by atoms with E-state index in [4.69, 9.17) is 40.2 Å². The summed E-state index contributed by atoms with van der Waals surface area (Å²) in [6, 6.07) is 0. The zero-order chi connectivity index (χ0) is 7.49. The van der Waals surface area contributed by atoms with Crippen LogP contribution in [0.5, 0.6) is 0 Å².